The molecule has 2 aromatic carbocycles. The Morgan fingerprint density at radius 1 is 0.868 bits per heavy atom. The van der Waals surface area contributed by atoms with Crippen molar-refractivity contribution in [1.29, 1.82) is 0 Å². The first kappa shape index (κ1) is 27.2. The van der Waals surface area contributed by atoms with Gasteiger partial charge in [0.25, 0.3) is 5.91 Å². The van der Waals surface area contributed by atoms with Gasteiger partial charge in [0, 0.05) is 63.6 Å². The second-order valence-corrected chi connectivity index (χ2v) is 10.1. The van der Waals surface area contributed by atoms with E-state index in [1.165, 1.54) is 0 Å². The summed E-state index contributed by atoms with van der Waals surface area (Å²) < 4.78 is 5.21. The molecule has 0 saturated carbocycles. The third kappa shape index (κ3) is 5.82. The lowest BCUT2D eigenvalue weighted by atomic mass is 9.83. The molecular formula is C29H35N3O6. The number of hydrogen-bond acceptors (Lipinski definition) is 5. The number of aromatic carboxylic acids is 1. The zero-order valence-corrected chi connectivity index (χ0v) is 22.1. The van der Waals surface area contributed by atoms with Crippen molar-refractivity contribution in [3.8, 4) is 5.75 Å². The highest BCUT2D eigenvalue weighted by atomic mass is 16.5. The molecule has 2 aliphatic heterocycles. The first-order valence-electron chi connectivity index (χ1n) is 13.0. The minimum absolute atomic E-state index is 0.0335. The van der Waals surface area contributed by atoms with Gasteiger partial charge in [-0.1, -0.05) is 12.1 Å². The van der Waals surface area contributed by atoms with Crippen LogP contribution in [0.1, 0.15) is 58.4 Å². The molecule has 2 saturated heterocycles. The molecule has 9 nitrogen and oxygen atoms in total. The maximum Gasteiger partial charge on any atom is 0.335 e. The van der Waals surface area contributed by atoms with E-state index in [1.54, 1.807) is 79.4 Å². The molecular weight excluding hydrogens is 486 g/mol. The largest absolute Gasteiger partial charge is 0.497 e. The van der Waals surface area contributed by atoms with Crippen LogP contribution in [0.4, 0.5) is 0 Å². The smallest absolute Gasteiger partial charge is 0.335 e. The molecule has 2 fully saturated rings. The first-order chi connectivity index (χ1) is 18.2. The predicted octanol–water partition coefficient (Wildman–Crippen LogP) is 3.11. The number of carboxylic acids is 1. The lowest BCUT2D eigenvalue weighted by Gasteiger charge is -2.44. The van der Waals surface area contributed by atoms with Crippen molar-refractivity contribution in [2.24, 2.45) is 5.92 Å². The van der Waals surface area contributed by atoms with Crippen LogP contribution in [-0.2, 0) is 9.59 Å². The van der Waals surface area contributed by atoms with Gasteiger partial charge < -0.3 is 24.5 Å². The Balaban J connectivity index is 1.55. The van der Waals surface area contributed by atoms with Crippen molar-refractivity contribution >= 4 is 23.7 Å². The van der Waals surface area contributed by atoms with Crippen LogP contribution in [0, 0.1) is 5.92 Å². The number of likely N-dealkylation sites (tertiary alicyclic amines) is 2. The summed E-state index contributed by atoms with van der Waals surface area (Å²) in [6.45, 7) is 3.68. The third-order valence-electron chi connectivity index (χ3n) is 7.92. The molecule has 0 bridgehead atoms. The number of amides is 3. The van der Waals surface area contributed by atoms with Crippen LogP contribution in [0.15, 0.2) is 48.5 Å². The monoisotopic (exact) mass is 521 g/mol. The Morgan fingerprint density at radius 3 is 2.00 bits per heavy atom. The summed E-state index contributed by atoms with van der Waals surface area (Å²) in [6, 6.07) is 13.5. The topological polar surface area (TPSA) is 107 Å². The predicted molar refractivity (Wildman–Crippen MR) is 141 cm³/mol. The molecule has 2 aliphatic rings. The van der Waals surface area contributed by atoms with Crippen LogP contribution in [-0.4, -0.2) is 89.9 Å². The summed E-state index contributed by atoms with van der Waals surface area (Å²) >= 11 is 0. The summed E-state index contributed by atoms with van der Waals surface area (Å²) in [6.07, 6.45) is 1.89. The molecule has 0 aromatic heterocycles. The van der Waals surface area contributed by atoms with E-state index >= 15 is 0 Å². The van der Waals surface area contributed by atoms with Gasteiger partial charge in [-0.15, -0.1) is 0 Å². The Bertz CT molecular complexity index is 1170. The molecule has 3 amide bonds. The van der Waals surface area contributed by atoms with E-state index in [9.17, 15) is 24.3 Å². The summed E-state index contributed by atoms with van der Waals surface area (Å²) in [5.41, 5.74) is 1.62. The van der Waals surface area contributed by atoms with Crippen molar-refractivity contribution in [2.75, 3.05) is 40.3 Å². The number of benzene rings is 2. The van der Waals surface area contributed by atoms with Gasteiger partial charge in [-0.3, -0.25) is 14.4 Å². The molecule has 2 unspecified atom stereocenters. The normalized spacial score (nSPS) is 20.1. The van der Waals surface area contributed by atoms with Gasteiger partial charge in [0.15, 0.2) is 0 Å². The fourth-order valence-electron chi connectivity index (χ4n) is 5.59. The van der Waals surface area contributed by atoms with Gasteiger partial charge in [-0.2, -0.15) is 0 Å². The van der Waals surface area contributed by atoms with Gasteiger partial charge in [0.2, 0.25) is 11.8 Å². The zero-order chi connectivity index (χ0) is 27.4. The minimum Gasteiger partial charge on any atom is -0.497 e. The van der Waals surface area contributed by atoms with E-state index in [1.807, 2.05) is 4.90 Å². The Kier molecular flexibility index (Phi) is 8.34. The molecule has 0 spiro atoms. The van der Waals surface area contributed by atoms with Crippen molar-refractivity contribution in [2.45, 2.75) is 38.1 Å². The highest BCUT2D eigenvalue weighted by molar-refractivity contribution is 5.94. The number of nitrogens with zero attached hydrogens (tertiary/aromatic N) is 3. The van der Waals surface area contributed by atoms with E-state index in [4.69, 9.17) is 4.74 Å². The number of carbonyl (C=O) groups excluding carboxylic acids is 3. The highest BCUT2D eigenvalue weighted by Crippen LogP contribution is 2.33. The number of carboxylic acid groups (broad SMARTS) is 1. The first-order valence-corrected chi connectivity index (χ1v) is 13.0. The number of carbonyl (C=O) groups is 4. The Hall–Kier alpha value is -3.88. The summed E-state index contributed by atoms with van der Waals surface area (Å²) in [7, 11) is 3.36. The number of methoxy groups -OCH3 is 1. The molecule has 4 rings (SSSR count). The van der Waals surface area contributed by atoms with Gasteiger partial charge in [-0.25, -0.2) is 4.79 Å². The summed E-state index contributed by atoms with van der Waals surface area (Å²) in [5, 5.41) is 9.34. The summed E-state index contributed by atoms with van der Waals surface area (Å²) in [4.78, 5) is 55.4. The molecule has 2 heterocycles. The number of hydrogen-bond donors (Lipinski definition) is 1. The van der Waals surface area contributed by atoms with Gasteiger partial charge >= 0.3 is 5.97 Å². The van der Waals surface area contributed by atoms with Crippen molar-refractivity contribution in [1.82, 2.24) is 14.7 Å². The van der Waals surface area contributed by atoms with Crippen LogP contribution < -0.4 is 4.74 Å². The van der Waals surface area contributed by atoms with E-state index in [-0.39, 0.29) is 41.2 Å². The maximum absolute atomic E-state index is 13.5. The lowest BCUT2D eigenvalue weighted by molar-refractivity contribution is -0.141. The van der Waals surface area contributed by atoms with E-state index < -0.39 is 5.97 Å². The van der Waals surface area contributed by atoms with Crippen LogP contribution in [0.3, 0.4) is 0 Å². The van der Waals surface area contributed by atoms with Crippen molar-refractivity contribution < 1.29 is 29.0 Å². The lowest BCUT2D eigenvalue weighted by Crippen LogP contribution is -2.53. The zero-order valence-electron chi connectivity index (χ0n) is 22.1. The molecule has 1 N–H and O–H groups in total. The Morgan fingerprint density at radius 2 is 1.45 bits per heavy atom. The van der Waals surface area contributed by atoms with Crippen LogP contribution in [0.25, 0.3) is 0 Å². The number of rotatable bonds is 6. The maximum atomic E-state index is 13.5. The standard InChI is InChI=1S/C29H35N3O6/c1-19(33)31-15-12-22(13-16-31)28(35)32-17-14-26(25(18-32)20-4-6-23(7-5-20)29(36)37)30(2)27(34)21-8-10-24(38-3)11-9-21/h4-11,22,25-26H,12-18H2,1-3H3,(H,36,37). The molecule has 0 aliphatic carbocycles. The molecule has 2 atom stereocenters. The molecule has 38 heavy (non-hydrogen) atoms. The fraction of sp³-hybridized carbons (Fsp3) is 0.448. The molecule has 0 radical (unpaired) electrons. The van der Waals surface area contributed by atoms with Crippen LogP contribution in [0.2, 0.25) is 0 Å². The summed E-state index contributed by atoms with van der Waals surface area (Å²) in [5.74, 6) is -0.648. The van der Waals surface area contributed by atoms with Crippen LogP contribution >= 0.6 is 0 Å². The Labute approximate surface area is 223 Å². The minimum atomic E-state index is -1.00. The van der Waals surface area contributed by atoms with Gasteiger partial charge in [0.1, 0.15) is 5.75 Å². The fourth-order valence-corrected chi connectivity index (χ4v) is 5.59. The van der Waals surface area contributed by atoms with Gasteiger partial charge in [-0.05, 0) is 61.2 Å². The average molecular weight is 522 g/mol. The SMILES string of the molecule is COc1ccc(C(=O)N(C)C2CCN(C(=O)C3CCN(C(C)=O)CC3)CC2c2ccc(C(=O)O)cc2)cc1. The molecule has 2 aromatic rings. The average Bonchev–Trinajstić information content (AvgIpc) is 2.95. The molecule has 9 heteroatoms. The second kappa shape index (κ2) is 11.7. The van der Waals surface area contributed by atoms with E-state index in [2.05, 4.69) is 0 Å². The van der Waals surface area contributed by atoms with Crippen molar-refractivity contribution in [3.63, 3.8) is 0 Å². The number of piperidine rings is 2. The van der Waals surface area contributed by atoms with Crippen molar-refractivity contribution in [3.05, 3.63) is 65.2 Å². The van der Waals surface area contributed by atoms with E-state index in [0.717, 1.165) is 5.56 Å². The van der Waals surface area contributed by atoms with Gasteiger partial charge in [0.05, 0.1) is 12.7 Å². The van der Waals surface area contributed by atoms with E-state index in [0.29, 0.717) is 56.8 Å². The van der Waals surface area contributed by atoms with Crippen LogP contribution in [0.5, 0.6) is 5.75 Å². The quantitative estimate of drug-likeness (QED) is 0.626. The third-order valence-corrected chi connectivity index (χ3v) is 7.92. The number of ether oxygens (including phenoxy) is 1. The number of likely N-dealkylation sites (N-methyl/N-ethyl adjacent to an activating group) is 1. The second-order valence-electron chi connectivity index (χ2n) is 10.1. The molecule has 202 valence electrons. The highest BCUT2D eigenvalue weighted by Gasteiger charge is 2.39.